The molecule has 0 radical (unpaired) electrons. The average Bonchev–Trinajstić information content (AvgIpc) is 2.88. The van der Waals surface area contributed by atoms with E-state index >= 15 is 0 Å². The normalized spacial score (nSPS) is 15.1. The van der Waals surface area contributed by atoms with Crippen molar-refractivity contribution >= 4 is 17.2 Å². The Balaban J connectivity index is 1.74. The van der Waals surface area contributed by atoms with Crippen molar-refractivity contribution in [2.45, 2.75) is 26.6 Å². The van der Waals surface area contributed by atoms with Crippen molar-refractivity contribution in [3.8, 4) is 0 Å². The third-order valence-electron chi connectivity index (χ3n) is 3.84. The Hall–Kier alpha value is -1.72. The van der Waals surface area contributed by atoms with Gasteiger partial charge in [-0.1, -0.05) is 24.4 Å². The highest BCUT2D eigenvalue weighted by molar-refractivity contribution is 7.80. The van der Waals surface area contributed by atoms with Crippen LogP contribution in [-0.4, -0.2) is 26.0 Å². The standard InChI is InChI=1S/C15H18N4S/c1-11-8-12(15(16)20)2-3-13(11)9-18-6-7-19-5-4-17-14(19)10-18/h2-5,8H,6-7,9-10H2,1H3,(H2,16,20). The van der Waals surface area contributed by atoms with Crippen molar-refractivity contribution in [1.29, 1.82) is 0 Å². The summed E-state index contributed by atoms with van der Waals surface area (Å²) >= 11 is 5.02. The van der Waals surface area contributed by atoms with Crippen LogP contribution in [0.1, 0.15) is 22.5 Å². The molecule has 1 aliphatic rings. The molecule has 4 nitrogen and oxygen atoms in total. The molecule has 0 unspecified atom stereocenters. The van der Waals surface area contributed by atoms with E-state index in [9.17, 15) is 0 Å². The maximum absolute atomic E-state index is 5.67. The summed E-state index contributed by atoms with van der Waals surface area (Å²) in [5, 5.41) is 0. The SMILES string of the molecule is Cc1cc(C(N)=S)ccc1CN1CCn2ccnc2C1. The van der Waals surface area contributed by atoms with Crippen molar-refractivity contribution in [2.75, 3.05) is 6.54 Å². The molecule has 0 fully saturated rings. The zero-order valence-electron chi connectivity index (χ0n) is 11.5. The van der Waals surface area contributed by atoms with Gasteiger partial charge in [-0.2, -0.15) is 0 Å². The van der Waals surface area contributed by atoms with E-state index in [1.807, 2.05) is 12.3 Å². The molecule has 0 atom stereocenters. The summed E-state index contributed by atoms with van der Waals surface area (Å²) in [6.45, 7) is 6.03. The predicted molar refractivity (Wildman–Crippen MR) is 83.4 cm³/mol. The van der Waals surface area contributed by atoms with Gasteiger partial charge in [0.1, 0.15) is 10.8 Å². The second kappa shape index (κ2) is 5.34. The molecule has 2 N–H and O–H groups in total. The molecular formula is C15H18N4S. The van der Waals surface area contributed by atoms with Crippen LogP contribution in [0.3, 0.4) is 0 Å². The maximum atomic E-state index is 5.67. The second-order valence-corrected chi connectivity index (χ2v) is 5.69. The van der Waals surface area contributed by atoms with Crippen molar-refractivity contribution < 1.29 is 0 Å². The number of benzene rings is 1. The zero-order chi connectivity index (χ0) is 14.1. The summed E-state index contributed by atoms with van der Waals surface area (Å²) in [5.74, 6) is 1.15. The number of nitrogens with zero attached hydrogens (tertiary/aromatic N) is 3. The molecule has 0 spiro atoms. The number of hydrogen-bond acceptors (Lipinski definition) is 3. The van der Waals surface area contributed by atoms with Crippen LogP contribution in [0.15, 0.2) is 30.6 Å². The van der Waals surface area contributed by atoms with E-state index < -0.39 is 0 Å². The molecule has 5 heteroatoms. The molecule has 1 aromatic heterocycles. The lowest BCUT2D eigenvalue weighted by Crippen LogP contribution is -2.33. The van der Waals surface area contributed by atoms with Crippen LogP contribution in [0.25, 0.3) is 0 Å². The third kappa shape index (κ3) is 2.59. The van der Waals surface area contributed by atoms with Crippen molar-refractivity contribution in [1.82, 2.24) is 14.5 Å². The summed E-state index contributed by atoms with van der Waals surface area (Å²) in [7, 11) is 0. The van der Waals surface area contributed by atoms with Crippen LogP contribution in [0.5, 0.6) is 0 Å². The first-order valence-electron chi connectivity index (χ1n) is 6.75. The first-order chi connectivity index (χ1) is 9.63. The van der Waals surface area contributed by atoms with Crippen molar-refractivity contribution in [2.24, 2.45) is 5.73 Å². The van der Waals surface area contributed by atoms with Crippen LogP contribution in [-0.2, 0) is 19.6 Å². The molecule has 20 heavy (non-hydrogen) atoms. The third-order valence-corrected chi connectivity index (χ3v) is 4.08. The Morgan fingerprint density at radius 1 is 1.40 bits per heavy atom. The van der Waals surface area contributed by atoms with Crippen LogP contribution in [0.4, 0.5) is 0 Å². The minimum absolute atomic E-state index is 0.458. The summed E-state index contributed by atoms with van der Waals surface area (Å²) in [6.07, 6.45) is 3.93. The van der Waals surface area contributed by atoms with Gasteiger partial charge in [0.15, 0.2) is 0 Å². The van der Waals surface area contributed by atoms with Gasteiger partial charge in [-0.15, -0.1) is 0 Å². The number of fused-ring (bicyclic) bond motifs is 1. The van der Waals surface area contributed by atoms with Gasteiger partial charge in [0.25, 0.3) is 0 Å². The summed E-state index contributed by atoms with van der Waals surface area (Å²) < 4.78 is 2.22. The number of aryl methyl sites for hydroxylation is 1. The number of nitrogens with two attached hydrogens (primary N) is 1. The molecule has 1 aromatic carbocycles. The van der Waals surface area contributed by atoms with Crippen LogP contribution >= 0.6 is 12.2 Å². The van der Waals surface area contributed by atoms with E-state index in [4.69, 9.17) is 18.0 Å². The molecular weight excluding hydrogens is 268 g/mol. The minimum atomic E-state index is 0.458. The lowest BCUT2D eigenvalue weighted by molar-refractivity contribution is 0.208. The molecule has 3 rings (SSSR count). The molecule has 0 aliphatic carbocycles. The van der Waals surface area contributed by atoms with E-state index in [-0.39, 0.29) is 0 Å². The summed E-state index contributed by atoms with van der Waals surface area (Å²) in [6, 6.07) is 6.21. The molecule has 0 bridgehead atoms. The fourth-order valence-electron chi connectivity index (χ4n) is 2.63. The molecule has 0 amide bonds. The highest BCUT2D eigenvalue weighted by Gasteiger charge is 2.17. The van der Waals surface area contributed by atoms with Crippen LogP contribution < -0.4 is 5.73 Å². The smallest absolute Gasteiger partial charge is 0.122 e. The number of aromatic nitrogens is 2. The Morgan fingerprint density at radius 3 is 3.00 bits per heavy atom. The molecule has 0 saturated heterocycles. The maximum Gasteiger partial charge on any atom is 0.122 e. The largest absolute Gasteiger partial charge is 0.389 e. The molecule has 2 aromatic rings. The topological polar surface area (TPSA) is 47.1 Å². The summed E-state index contributed by atoms with van der Waals surface area (Å²) in [4.78, 5) is 7.28. The Morgan fingerprint density at radius 2 is 2.25 bits per heavy atom. The van der Waals surface area contributed by atoms with Gasteiger partial charge in [-0.3, -0.25) is 4.90 Å². The Bertz CT molecular complexity index is 647. The number of hydrogen-bond donors (Lipinski definition) is 1. The quantitative estimate of drug-likeness (QED) is 0.875. The Kier molecular flexibility index (Phi) is 3.54. The fourth-order valence-corrected chi connectivity index (χ4v) is 2.75. The first-order valence-corrected chi connectivity index (χ1v) is 7.16. The highest BCUT2D eigenvalue weighted by Crippen LogP contribution is 2.17. The number of imidazole rings is 1. The Labute approximate surface area is 124 Å². The molecule has 1 aliphatic heterocycles. The zero-order valence-corrected chi connectivity index (χ0v) is 12.4. The number of thiocarbonyl (C=S) groups is 1. The van der Waals surface area contributed by atoms with E-state index in [0.29, 0.717) is 4.99 Å². The minimum Gasteiger partial charge on any atom is -0.389 e. The van der Waals surface area contributed by atoms with Crippen LogP contribution in [0.2, 0.25) is 0 Å². The van der Waals surface area contributed by atoms with Gasteiger partial charge in [0, 0.05) is 37.6 Å². The van der Waals surface area contributed by atoms with Gasteiger partial charge in [-0.25, -0.2) is 4.98 Å². The van der Waals surface area contributed by atoms with E-state index in [2.05, 4.69) is 39.7 Å². The predicted octanol–water partition coefficient (Wildman–Crippen LogP) is 1.84. The highest BCUT2D eigenvalue weighted by atomic mass is 32.1. The van der Waals surface area contributed by atoms with Crippen molar-refractivity contribution in [3.05, 3.63) is 53.1 Å². The number of rotatable bonds is 3. The fraction of sp³-hybridized carbons (Fsp3) is 0.333. The van der Waals surface area contributed by atoms with Gasteiger partial charge >= 0.3 is 0 Å². The van der Waals surface area contributed by atoms with Gasteiger partial charge in [0.2, 0.25) is 0 Å². The molecule has 104 valence electrons. The average molecular weight is 286 g/mol. The lowest BCUT2D eigenvalue weighted by Gasteiger charge is -2.28. The van der Waals surface area contributed by atoms with Crippen LogP contribution in [0, 0.1) is 6.92 Å². The van der Waals surface area contributed by atoms with Gasteiger partial charge in [0.05, 0.1) is 6.54 Å². The molecule has 0 saturated carbocycles. The monoisotopic (exact) mass is 286 g/mol. The lowest BCUT2D eigenvalue weighted by atomic mass is 10.0. The molecule has 2 heterocycles. The first kappa shape index (κ1) is 13.3. The second-order valence-electron chi connectivity index (χ2n) is 5.25. The van der Waals surface area contributed by atoms with E-state index in [1.54, 1.807) is 0 Å². The van der Waals surface area contributed by atoms with E-state index in [0.717, 1.165) is 37.6 Å². The van der Waals surface area contributed by atoms with Crippen molar-refractivity contribution in [3.63, 3.8) is 0 Å². The van der Waals surface area contributed by atoms with Gasteiger partial charge in [-0.05, 0) is 24.1 Å². The van der Waals surface area contributed by atoms with E-state index in [1.165, 1.54) is 11.1 Å². The summed E-state index contributed by atoms with van der Waals surface area (Å²) in [5.41, 5.74) is 9.17. The van der Waals surface area contributed by atoms with Gasteiger partial charge < -0.3 is 10.3 Å².